The van der Waals surface area contributed by atoms with Crippen molar-refractivity contribution in [2.45, 2.75) is 32.2 Å². The molecule has 0 spiro atoms. The van der Waals surface area contributed by atoms with Crippen LogP contribution in [0.3, 0.4) is 0 Å². The molecule has 0 radical (unpaired) electrons. The second-order valence-corrected chi connectivity index (χ2v) is 5.03. The Hall–Kier alpha value is -0.470. The van der Waals surface area contributed by atoms with Gasteiger partial charge in [-0.05, 0) is 42.7 Å². The summed E-state index contributed by atoms with van der Waals surface area (Å²) in [5.41, 5.74) is 3.08. The van der Waals surface area contributed by atoms with Gasteiger partial charge in [-0.1, -0.05) is 30.7 Å². The molecule has 0 saturated carbocycles. The Morgan fingerprint density at radius 2 is 1.88 bits per heavy atom. The van der Waals surface area contributed by atoms with E-state index in [-0.39, 0.29) is 0 Å². The minimum atomic E-state index is 1.03. The minimum Gasteiger partial charge on any atom is -0.299 e. The average molecular weight is 235 g/mol. The molecule has 1 aromatic carbocycles. The molecule has 1 heterocycles. The second kappa shape index (κ2) is 6.31. The number of fused-ring (bicyclic) bond motifs is 1. The van der Waals surface area contributed by atoms with Crippen molar-refractivity contribution in [3.8, 4) is 0 Å². The molecule has 0 aliphatic carbocycles. The zero-order valence-electron chi connectivity index (χ0n) is 9.86. The zero-order chi connectivity index (χ0) is 11.2. The van der Waals surface area contributed by atoms with Crippen LogP contribution in [0.5, 0.6) is 0 Å². The summed E-state index contributed by atoms with van der Waals surface area (Å²) in [7, 11) is 0. The summed E-state index contributed by atoms with van der Waals surface area (Å²) in [4.78, 5) is 2.58. The highest BCUT2D eigenvalue weighted by Crippen LogP contribution is 2.18. The monoisotopic (exact) mass is 235 g/mol. The molecule has 0 aromatic heterocycles. The van der Waals surface area contributed by atoms with Crippen LogP contribution in [0.15, 0.2) is 24.3 Å². The molecule has 0 atom stereocenters. The molecule has 0 fully saturated rings. The summed E-state index contributed by atoms with van der Waals surface area (Å²) in [6.07, 6.45) is 5.13. The molecule has 1 aliphatic rings. The highest BCUT2D eigenvalue weighted by Gasteiger charge is 2.14. The molecule has 0 saturated heterocycles. The molecule has 1 aromatic rings. The average Bonchev–Trinajstić information content (AvgIpc) is 2.34. The number of hydrogen-bond acceptors (Lipinski definition) is 2. The van der Waals surface area contributed by atoms with E-state index in [0.717, 1.165) is 12.3 Å². The van der Waals surface area contributed by atoms with Gasteiger partial charge in [0, 0.05) is 13.1 Å². The maximum absolute atomic E-state index is 4.24. The maximum atomic E-state index is 4.24. The molecule has 16 heavy (non-hydrogen) atoms. The van der Waals surface area contributed by atoms with Crippen molar-refractivity contribution in [1.29, 1.82) is 0 Å². The van der Waals surface area contributed by atoms with E-state index >= 15 is 0 Å². The molecule has 0 bridgehead atoms. The van der Waals surface area contributed by atoms with E-state index in [9.17, 15) is 0 Å². The highest BCUT2D eigenvalue weighted by molar-refractivity contribution is 7.80. The summed E-state index contributed by atoms with van der Waals surface area (Å²) in [6.45, 7) is 3.64. The number of nitrogens with zero attached hydrogens (tertiary/aromatic N) is 1. The van der Waals surface area contributed by atoms with Gasteiger partial charge in [0.25, 0.3) is 0 Å². The Morgan fingerprint density at radius 1 is 1.06 bits per heavy atom. The van der Waals surface area contributed by atoms with Crippen molar-refractivity contribution in [3.05, 3.63) is 35.4 Å². The third-order valence-corrected chi connectivity index (χ3v) is 3.66. The Labute approximate surface area is 104 Å². The van der Waals surface area contributed by atoms with Crippen LogP contribution in [-0.2, 0) is 13.0 Å². The lowest BCUT2D eigenvalue weighted by atomic mass is 10.00. The predicted molar refractivity (Wildman–Crippen MR) is 73.1 cm³/mol. The molecule has 0 amide bonds. The number of rotatable bonds is 5. The van der Waals surface area contributed by atoms with Gasteiger partial charge in [-0.15, -0.1) is 0 Å². The SMILES string of the molecule is SCCCCCN1CCc2ccccc2C1. The fourth-order valence-corrected chi connectivity index (χ4v) is 2.59. The lowest BCUT2D eigenvalue weighted by molar-refractivity contribution is 0.249. The largest absolute Gasteiger partial charge is 0.299 e. The summed E-state index contributed by atoms with van der Waals surface area (Å²) in [6, 6.07) is 8.85. The second-order valence-electron chi connectivity index (χ2n) is 4.58. The summed E-state index contributed by atoms with van der Waals surface area (Å²) in [5, 5.41) is 0. The van der Waals surface area contributed by atoms with Gasteiger partial charge >= 0.3 is 0 Å². The van der Waals surface area contributed by atoms with Gasteiger partial charge in [0.05, 0.1) is 0 Å². The van der Waals surface area contributed by atoms with Crippen LogP contribution >= 0.6 is 12.6 Å². The summed E-state index contributed by atoms with van der Waals surface area (Å²) < 4.78 is 0. The third kappa shape index (κ3) is 3.26. The van der Waals surface area contributed by atoms with E-state index in [1.54, 1.807) is 5.56 Å². The standard InChI is InChI=1S/C14H21NS/c16-11-5-1-4-9-15-10-8-13-6-2-3-7-14(13)12-15/h2-3,6-7,16H,1,4-5,8-12H2. The highest BCUT2D eigenvalue weighted by atomic mass is 32.1. The molecular formula is C14H21NS. The van der Waals surface area contributed by atoms with Crippen molar-refractivity contribution in [3.63, 3.8) is 0 Å². The van der Waals surface area contributed by atoms with Gasteiger partial charge in [0.1, 0.15) is 0 Å². The van der Waals surface area contributed by atoms with Gasteiger partial charge in [-0.2, -0.15) is 12.6 Å². The number of thiol groups is 1. The smallest absolute Gasteiger partial charge is 0.0236 e. The normalized spacial score (nSPS) is 16.1. The van der Waals surface area contributed by atoms with Crippen LogP contribution in [0.25, 0.3) is 0 Å². The van der Waals surface area contributed by atoms with E-state index in [1.165, 1.54) is 44.3 Å². The van der Waals surface area contributed by atoms with Gasteiger partial charge in [0.15, 0.2) is 0 Å². The molecule has 88 valence electrons. The molecular weight excluding hydrogens is 214 g/mol. The van der Waals surface area contributed by atoms with Crippen LogP contribution in [0.4, 0.5) is 0 Å². The van der Waals surface area contributed by atoms with Crippen LogP contribution in [0.1, 0.15) is 30.4 Å². The third-order valence-electron chi connectivity index (χ3n) is 3.34. The first kappa shape index (κ1) is 12.0. The van der Waals surface area contributed by atoms with Crippen LogP contribution < -0.4 is 0 Å². The van der Waals surface area contributed by atoms with Crippen molar-refractivity contribution in [2.24, 2.45) is 0 Å². The first-order valence-electron chi connectivity index (χ1n) is 6.30. The van der Waals surface area contributed by atoms with E-state index in [4.69, 9.17) is 0 Å². The van der Waals surface area contributed by atoms with E-state index in [1.807, 2.05) is 0 Å². The Balaban J connectivity index is 1.79. The van der Waals surface area contributed by atoms with Crippen LogP contribution in [-0.4, -0.2) is 23.7 Å². The topological polar surface area (TPSA) is 3.24 Å². The quantitative estimate of drug-likeness (QED) is 0.606. The zero-order valence-corrected chi connectivity index (χ0v) is 10.8. The first-order chi connectivity index (χ1) is 7.90. The van der Waals surface area contributed by atoms with Crippen molar-refractivity contribution in [2.75, 3.05) is 18.8 Å². The fraction of sp³-hybridized carbons (Fsp3) is 0.571. The van der Waals surface area contributed by atoms with Crippen molar-refractivity contribution < 1.29 is 0 Å². The molecule has 2 heteroatoms. The van der Waals surface area contributed by atoms with Crippen LogP contribution in [0, 0.1) is 0 Å². The Morgan fingerprint density at radius 3 is 2.69 bits per heavy atom. The van der Waals surface area contributed by atoms with Crippen LogP contribution in [0.2, 0.25) is 0 Å². The first-order valence-corrected chi connectivity index (χ1v) is 6.93. The van der Waals surface area contributed by atoms with E-state index in [0.29, 0.717) is 0 Å². The Bertz CT molecular complexity index is 324. The van der Waals surface area contributed by atoms with Crippen molar-refractivity contribution >= 4 is 12.6 Å². The number of unbranched alkanes of at least 4 members (excludes halogenated alkanes) is 2. The molecule has 0 unspecified atom stereocenters. The number of benzene rings is 1. The Kier molecular flexibility index (Phi) is 4.73. The molecule has 1 aliphatic heterocycles. The van der Waals surface area contributed by atoms with E-state index in [2.05, 4.69) is 41.8 Å². The molecule has 2 rings (SSSR count). The molecule has 1 nitrogen and oxygen atoms in total. The maximum Gasteiger partial charge on any atom is 0.0236 e. The van der Waals surface area contributed by atoms with Gasteiger partial charge in [0.2, 0.25) is 0 Å². The fourth-order valence-electron chi connectivity index (χ4n) is 2.37. The van der Waals surface area contributed by atoms with Gasteiger partial charge in [-0.3, -0.25) is 4.90 Å². The van der Waals surface area contributed by atoms with Crippen molar-refractivity contribution in [1.82, 2.24) is 4.90 Å². The number of hydrogen-bond donors (Lipinski definition) is 1. The lowest BCUT2D eigenvalue weighted by Gasteiger charge is -2.28. The van der Waals surface area contributed by atoms with Gasteiger partial charge in [-0.25, -0.2) is 0 Å². The lowest BCUT2D eigenvalue weighted by Crippen LogP contribution is -2.31. The summed E-state index contributed by atoms with van der Waals surface area (Å²) >= 11 is 4.24. The minimum absolute atomic E-state index is 1.03. The van der Waals surface area contributed by atoms with Gasteiger partial charge < -0.3 is 0 Å². The van der Waals surface area contributed by atoms with E-state index < -0.39 is 0 Å². The predicted octanol–water partition coefficient (Wildman–Crippen LogP) is 3.14. The summed E-state index contributed by atoms with van der Waals surface area (Å²) in [5.74, 6) is 1.03. The molecule has 0 N–H and O–H groups in total.